The zero-order valence-electron chi connectivity index (χ0n) is 10.4. The predicted molar refractivity (Wildman–Crippen MR) is 67.5 cm³/mol. The summed E-state index contributed by atoms with van der Waals surface area (Å²) in [7, 11) is 0. The van der Waals surface area contributed by atoms with Crippen molar-refractivity contribution in [3.05, 3.63) is 34.9 Å². The highest BCUT2D eigenvalue weighted by atomic mass is 16.1. The normalized spacial score (nSPS) is 12.5. The minimum Gasteiger partial charge on any atom is -0.330 e. The largest absolute Gasteiger partial charge is 0.330 e. The van der Waals surface area contributed by atoms with E-state index in [1.165, 1.54) is 11.1 Å². The fourth-order valence-electron chi connectivity index (χ4n) is 1.78. The number of hydrogen-bond acceptors (Lipinski definition) is 2. The van der Waals surface area contributed by atoms with Gasteiger partial charge in [-0.2, -0.15) is 0 Å². The first kappa shape index (κ1) is 12.9. The number of carbonyl (C=O) groups excluding carboxylic acids is 1. The molecule has 88 valence electrons. The van der Waals surface area contributed by atoms with E-state index in [4.69, 9.17) is 5.73 Å². The van der Waals surface area contributed by atoms with Crippen LogP contribution in [0.15, 0.2) is 18.2 Å². The highest BCUT2D eigenvalue weighted by Crippen LogP contribution is 2.13. The van der Waals surface area contributed by atoms with Crippen LogP contribution < -0.4 is 5.73 Å². The van der Waals surface area contributed by atoms with E-state index in [1.807, 2.05) is 13.0 Å². The lowest BCUT2D eigenvalue weighted by Crippen LogP contribution is -2.24. The monoisotopic (exact) mass is 219 g/mol. The first-order chi connectivity index (χ1) is 7.58. The second-order valence-corrected chi connectivity index (χ2v) is 4.40. The molecule has 0 amide bonds. The Bertz CT molecular complexity index is 367. The Morgan fingerprint density at radius 2 is 2.00 bits per heavy atom. The minimum absolute atomic E-state index is 0.0154. The molecule has 0 aliphatic rings. The summed E-state index contributed by atoms with van der Waals surface area (Å²) >= 11 is 0. The van der Waals surface area contributed by atoms with Crippen LogP contribution >= 0.6 is 0 Å². The van der Waals surface area contributed by atoms with Crippen LogP contribution in [0.5, 0.6) is 0 Å². The van der Waals surface area contributed by atoms with E-state index in [2.05, 4.69) is 26.0 Å². The average Bonchev–Trinajstić information content (AvgIpc) is 2.25. The number of nitrogens with two attached hydrogens (primary N) is 1. The van der Waals surface area contributed by atoms with Crippen molar-refractivity contribution in [3.8, 4) is 0 Å². The predicted octanol–water partition coefficient (Wildman–Crippen LogP) is 2.40. The fraction of sp³-hybridized carbons (Fsp3) is 0.500. The molecular formula is C14H21NO. The van der Waals surface area contributed by atoms with E-state index in [9.17, 15) is 4.79 Å². The van der Waals surface area contributed by atoms with Crippen molar-refractivity contribution in [1.29, 1.82) is 0 Å². The van der Waals surface area contributed by atoms with Crippen molar-refractivity contribution in [3.63, 3.8) is 0 Å². The van der Waals surface area contributed by atoms with Gasteiger partial charge < -0.3 is 5.73 Å². The minimum atomic E-state index is 0.0154. The number of aryl methyl sites for hydroxylation is 2. The van der Waals surface area contributed by atoms with Crippen molar-refractivity contribution in [2.75, 3.05) is 6.54 Å². The van der Waals surface area contributed by atoms with Crippen LogP contribution in [0.4, 0.5) is 0 Å². The molecule has 16 heavy (non-hydrogen) atoms. The van der Waals surface area contributed by atoms with Gasteiger partial charge in [-0.1, -0.05) is 25.1 Å². The third-order valence-corrected chi connectivity index (χ3v) is 3.18. The Kier molecular flexibility index (Phi) is 4.69. The van der Waals surface area contributed by atoms with Crippen LogP contribution in [0, 0.1) is 19.8 Å². The van der Waals surface area contributed by atoms with Gasteiger partial charge >= 0.3 is 0 Å². The molecule has 0 radical (unpaired) electrons. The van der Waals surface area contributed by atoms with E-state index in [0.29, 0.717) is 13.0 Å². The number of hydrogen-bond donors (Lipinski definition) is 1. The lowest BCUT2D eigenvalue weighted by atomic mass is 9.94. The molecule has 0 saturated heterocycles. The summed E-state index contributed by atoms with van der Waals surface area (Å²) in [4.78, 5) is 11.9. The molecule has 1 atom stereocenters. The molecule has 0 aliphatic heterocycles. The smallest absolute Gasteiger partial charge is 0.141 e. The number of benzene rings is 1. The van der Waals surface area contributed by atoms with Crippen LogP contribution in [0.3, 0.4) is 0 Å². The molecule has 1 aromatic carbocycles. The molecule has 0 aromatic heterocycles. The van der Waals surface area contributed by atoms with Gasteiger partial charge in [0.1, 0.15) is 5.78 Å². The van der Waals surface area contributed by atoms with Crippen molar-refractivity contribution in [1.82, 2.24) is 0 Å². The number of carbonyl (C=O) groups is 1. The van der Waals surface area contributed by atoms with Crippen molar-refractivity contribution < 1.29 is 4.79 Å². The maximum Gasteiger partial charge on any atom is 0.141 e. The third-order valence-electron chi connectivity index (χ3n) is 3.18. The van der Waals surface area contributed by atoms with Crippen molar-refractivity contribution >= 4 is 5.78 Å². The zero-order chi connectivity index (χ0) is 12.1. The lowest BCUT2D eigenvalue weighted by Gasteiger charge is -2.11. The number of ketones is 1. The summed E-state index contributed by atoms with van der Waals surface area (Å²) in [5.74, 6) is 0.273. The lowest BCUT2D eigenvalue weighted by molar-refractivity contribution is -0.122. The van der Waals surface area contributed by atoms with Gasteiger partial charge in [-0.3, -0.25) is 4.79 Å². The Balaban J connectivity index is 2.73. The Morgan fingerprint density at radius 3 is 2.50 bits per heavy atom. The summed E-state index contributed by atoms with van der Waals surface area (Å²) in [5, 5.41) is 0. The first-order valence-corrected chi connectivity index (χ1v) is 5.87. The molecule has 1 rings (SSSR count). The van der Waals surface area contributed by atoms with Gasteiger partial charge in [0.05, 0.1) is 0 Å². The van der Waals surface area contributed by atoms with Crippen LogP contribution in [0.25, 0.3) is 0 Å². The van der Waals surface area contributed by atoms with Crippen molar-refractivity contribution in [2.45, 2.75) is 33.6 Å². The maximum absolute atomic E-state index is 11.9. The fourth-order valence-corrected chi connectivity index (χ4v) is 1.78. The summed E-state index contributed by atoms with van der Waals surface area (Å²) in [5.41, 5.74) is 9.18. The van der Waals surface area contributed by atoms with E-state index < -0.39 is 0 Å². The van der Waals surface area contributed by atoms with Crippen LogP contribution in [-0.2, 0) is 11.2 Å². The van der Waals surface area contributed by atoms with Gasteiger partial charge in [-0.25, -0.2) is 0 Å². The SMILES string of the molecule is CCC(CN)C(=O)Cc1ccc(C)c(C)c1. The molecule has 0 aliphatic carbocycles. The molecule has 2 nitrogen and oxygen atoms in total. The van der Waals surface area contributed by atoms with E-state index >= 15 is 0 Å². The van der Waals surface area contributed by atoms with Crippen molar-refractivity contribution in [2.24, 2.45) is 11.7 Å². The topological polar surface area (TPSA) is 43.1 Å². The second kappa shape index (κ2) is 5.80. The summed E-state index contributed by atoms with van der Waals surface area (Å²) < 4.78 is 0. The molecule has 2 N–H and O–H groups in total. The van der Waals surface area contributed by atoms with Gasteiger partial charge in [0, 0.05) is 18.9 Å². The Morgan fingerprint density at radius 1 is 1.31 bits per heavy atom. The summed E-state index contributed by atoms with van der Waals surface area (Å²) in [6, 6.07) is 6.20. The third kappa shape index (κ3) is 3.17. The molecule has 2 heteroatoms. The zero-order valence-corrected chi connectivity index (χ0v) is 10.4. The molecular weight excluding hydrogens is 198 g/mol. The van der Waals surface area contributed by atoms with Crippen LogP contribution in [0.1, 0.15) is 30.0 Å². The van der Waals surface area contributed by atoms with Crippen LogP contribution in [-0.4, -0.2) is 12.3 Å². The molecule has 0 fully saturated rings. The van der Waals surface area contributed by atoms with Crippen LogP contribution in [0.2, 0.25) is 0 Å². The van der Waals surface area contributed by atoms with Gasteiger partial charge in [-0.05, 0) is 37.0 Å². The molecule has 0 spiro atoms. The Hall–Kier alpha value is -1.15. The number of Topliss-reactive ketones (excluding diaryl/α,β-unsaturated/α-hetero) is 1. The summed E-state index contributed by atoms with van der Waals surface area (Å²) in [6.45, 7) is 6.62. The van der Waals surface area contributed by atoms with Gasteiger partial charge in [0.15, 0.2) is 0 Å². The van der Waals surface area contributed by atoms with Gasteiger partial charge in [-0.15, -0.1) is 0 Å². The molecule has 0 saturated carbocycles. The molecule has 0 heterocycles. The standard InChI is InChI=1S/C14H21NO/c1-4-13(9-15)14(16)8-12-6-5-10(2)11(3)7-12/h5-7,13H,4,8-9,15H2,1-3H3. The average molecular weight is 219 g/mol. The number of rotatable bonds is 5. The van der Waals surface area contributed by atoms with E-state index in [1.54, 1.807) is 0 Å². The summed E-state index contributed by atoms with van der Waals surface area (Å²) in [6.07, 6.45) is 1.34. The molecule has 0 bridgehead atoms. The first-order valence-electron chi connectivity index (χ1n) is 5.87. The molecule has 1 aromatic rings. The van der Waals surface area contributed by atoms with Gasteiger partial charge in [0.2, 0.25) is 0 Å². The Labute approximate surface area is 97.9 Å². The highest BCUT2D eigenvalue weighted by molar-refractivity contribution is 5.83. The van der Waals surface area contributed by atoms with E-state index in [0.717, 1.165) is 12.0 Å². The molecule has 1 unspecified atom stereocenters. The van der Waals surface area contributed by atoms with Gasteiger partial charge in [0.25, 0.3) is 0 Å². The highest BCUT2D eigenvalue weighted by Gasteiger charge is 2.14. The maximum atomic E-state index is 11.9. The second-order valence-electron chi connectivity index (χ2n) is 4.40. The van der Waals surface area contributed by atoms with E-state index in [-0.39, 0.29) is 11.7 Å². The quantitative estimate of drug-likeness (QED) is 0.826.